The molecular weight excluding hydrogens is 359 g/mol. The van der Waals surface area contributed by atoms with E-state index < -0.39 is 5.91 Å². The molecule has 0 radical (unpaired) electrons. The SMILES string of the molecule is CCCCCOc1ccccc1/C=N/NC(=O)c1ccc(Cl)cc1Cl. The molecule has 0 aliphatic carbocycles. The van der Waals surface area contributed by atoms with Crippen molar-refractivity contribution in [2.24, 2.45) is 5.10 Å². The number of amides is 1. The average molecular weight is 379 g/mol. The van der Waals surface area contributed by atoms with Crippen LogP contribution < -0.4 is 10.2 Å². The average Bonchev–Trinajstić information content (AvgIpc) is 2.59. The van der Waals surface area contributed by atoms with E-state index in [-0.39, 0.29) is 5.02 Å². The third-order valence-corrected chi connectivity index (χ3v) is 4.02. The number of hydrogen-bond donors (Lipinski definition) is 1. The first kappa shape index (κ1) is 19.3. The van der Waals surface area contributed by atoms with E-state index in [2.05, 4.69) is 17.5 Å². The van der Waals surface area contributed by atoms with Gasteiger partial charge < -0.3 is 4.74 Å². The summed E-state index contributed by atoms with van der Waals surface area (Å²) in [6.07, 6.45) is 4.84. The maximum absolute atomic E-state index is 12.1. The molecule has 0 atom stereocenters. The van der Waals surface area contributed by atoms with Crippen LogP contribution in [0.15, 0.2) is 47.6 Å². The number of nitrogens with zero attached hydrogens (tertiary/aromatic N) is 1. The summed E-state index contributed by atoms with van der Waals surface area (Å²) < 4.78 is 5.77. The molecule has 1 amide bonds. The topological polar surface area (TPSA) is 50.7 Å². The Labute approximate surface area is 157 Å². The minimum atomic E-state index is -0.403. The number of carbonyl (C=O) groups excluding carboxylic acids is 1. The van der Waals surface area contributed by atoms with Gasteiger partial charge in [-0.25, -0.2) is 5.43 Å². The minimum absolute atomic E-state index is 0.278. The summed E-state index contributed by atoms with van der Waals surface area (Å²) in [5, 5.41) is 4.74. The number of ether oxygens (including phenoxy) is 1. The molecule has 132 valence electrons. The molecule has 25 heavy (non-hydrogen) atoms. The summed E-state index contributed by atoms with van der Waals surface area (Å²) in [5.41, 5.74) is 3.56. The van der Waals surface area contributed by atoms with Gasteiger partial charge in [-0.05, 0) is 36.8 Å². The van der Waals surface area contributed by atoms with Crippen LogP contribution in [0, 0.1) is 0 Å². The van der Waals surface area contributed by atoms with Gasteiger partial charge in [-0.1, -0.05) is 55.1 Å². The molecular formula is C19H20Cl2N2O2. The van der Waals surface area contributed by atoms with E-state index in [0.717, 1.165) is 30.6 Å². The molecule has 0 spiro atoms. The van der Waals surface area contributed by atoms with E-state index in [4.69, 9.17) is 27.9 Å². The van der Waals surface area contributed by atoms with Crippen molar-refractivity contribution in [3.05, 3.63) is 63.6 Å². The Morgan fingerprint density at radius 1 is 1.20 bits per heavy atom. The highest BCUT2D eigenvalue weighted by molar-refractivity contribution is 6.36. The van der Waals surface area contributed by atoms with E-state index in [0.29, 0.717) is 17.2 Å². The predicted molar refractivity (Wildman–Crippen MR) is 103 cm³/mol. The van der Waals surface area contributed by atoms with Gasteiger partial charge >= 0.3 is 0 Å². The van der Waals surface area contributed by atoms with Crippen LogP contribution in [-0.4, -0.2) is 18.7 Å². The van der Waals surface area contributed by atoms with Crippen molar-refractivity contribution in [2.45, 2.75) is 26.2 Å². The van der Waals surface area contributed by atoms with Crippen LogP contribution in [0.1, 0.15) is 42.1 Å². The fourth-order valence-corrected chi connectivity index (χ4v) is 2.64. The molecule has 2 rings (SSSR count). The molecule has 0 aromatic heterocycles. The summed E-state index contributed by atoms with van der Waals surface area (Å²) >= 11 is 11.8. The van der Waals surface area contributed by atoms with Crippen LogP contribution in [0.4, 0.5) is 0 Å². The lowest BCUT2D eigenvalue weighted by Crippen LogP contribution is -2.18. The number of hydrazone groups is 1. The van der Waals surface area contributed by atoms with Gasteiger partial charge in [0.25, 0.3) is 5.91 Å². The van der Waals surface area contributed by atoms with Crippen LogP contribution in [0.5, 0.6) is 5.75 Å². The standard InChI is InChI=1S/C19H20Cl2N2O2/c1-2-3-6-11-25-18-8-5-4-7-14(18)13-22-23-19(24)16-10-9-15(20)12-17(16)21/h4-5,7-10,12-13H,2-3,6,11H2,1H3,(H,23,24)/b22-13+. The van der Waals surface area contributed by atoms with Crippen molar-refractivity contribution in [1.82, 2.24) is 5.43 Å². The highest BCUT2D eigenvalue weighted by Crippen LogP contribution is 2.21. The number of hydrogen-bond acceptors (Lipinski definition) is 3. The number of unbranched alkanes of at least 4 members (excludes halogenated alkanes) is 2. The van der Waals surface area contributed by atoms with Gasteiger partial charge in [-0.3, -0.25) is 4.79 Å². The molecule has 1 N–H and O–H groups in total. The Morgan fingerprint density at radius 3 is 2.76 bits per heavy atom. The number of halogens is 2. The van der Waals surface area contributed by atoms with E-state index in [1.807, 2.05) is 24.3 Å². The second kappa shape index (κ2) is 10.1. The van der Waals surface area contributed by atoms with Crippen molar-refractivity contribution in [2.75, 3.05) is 6.61 Å². The van der Waals surface area contributed by atoms with Crippen LogP contribution in [0.2, 0.25) is 10.0 Å². The lowest BCUT2D eigenvalue weighted by atomic mass is 10.2. The second-order valence-corrected chi connectivity index (χ2v) is 6.26. The highest BCUT2D eigenvalue weighted by Gasteiger charge is 2.09. The van der Waals surface area contributed by atoms with Crippen molar-refractivity contribution >= 4 is 35.3 Å². The Balaban J connectivity index is 1.98. The number of carbonyl (C=O) groups is 1. The maximum atomic E-state index is 12.1. The zero-order valence-electron chi connectivity index (χ0n) is 14.0. The maximum Gasteiger partial charge on any atom is 0.272 e. The van der Waals surface area contributed by atoms with Gasteiger partial charge in [0, 0.05) is 10.6 Å². The first-order valence-electron chi connectivity index (χ1n) is 8.12. The minimum Gasteiger partial charge on any atom is -0.493 e. The van der Waals surface area contributed by atoms with Crippen LogP contribution in [0.25, 0.3) is 0 Å². The van der Waals surface area contributed by atoms with Crippen molar-refractivity contribution < 1.29 is 9.53 Å². The Bertz CT molecular complexity index is 748. The molecule has 0 heterocycles. The van der Waals surface area contributed by atoms with Crippen LogP contribution in [-0.2, 0) is 0 Å². The van der Waals surface area contributed by atoms with Gasteiger partial charge in [0.05, 0.1) is 23.4 Å². The Kier molecular flexibility index (Phi) is 7.76. The number of nitrogens with one attached hydrogen (secondary N) is 1. The molecule has 0 saturated carbocycles. The molecule has 2 aromatic rings. The summed E-state index contributed by atoms with van der Waals surface area (Å²) in [6, 6.07) is 12.2. The van der Waals surface area contributed by atoms with Crippen molar-refractivity contribution in [1.29, 1.82) is 0 Å². The van der Waals surface area contributed by atoms with Crippen molar-refractivity contribution in [3.63, 3.8) is 0 Å². The third-order valence-electron chi connectivity index (χ3n) is 3.47. The predicted octanol–water partition coefficient (Wildman–Crippen LogP) is 5.33. The summed E-state index contributed by atoms with van der Waals surface area (Å²) in [6.45, 7) is 2.81. The Morgan fingerprint density at radius 2 is 2.00 bits per heavy atom. The molecule has 0 saturated heterocycles. The number of para-hydroxylation sites is 1. The molecule has 6 heteroatoms. The largest absolute Gasteiger partial charge is 0.493 e. The van der Waals surface area contributed by atoms with E-state index in [9.17, 15) is 4.79 Å². The van der Waals surface area contributed by atoms with Gasteiger partial charge in [-0.2, -0.15) is 5.10 Å². The van der Waals surface area contributed by atoms with Crippen LogP contribution in [0.3, 0.4) is 0 Å². The molecule has 0 fully saturated rings. The zero-order valence-corrected chi connectivity index (χ0v) is 15.5. The first-order valence-corrected chi connectivity index (χ1v) is 8.87. The molecule has 0 aliphatic rings. The molecule has 4 nitrogen and oxygen atoms in total. The van der Waals surface area contributed by atoms with Crippen molar-refractivity contribution in [3.8, 4) is 5.75 Å². The Hall–Kier alpha value is -2.04. The molecule has 0 aliphatic heterocycles. The normalized spacial score (nSPS) is 10.8. The van der Waals surface area contributed by atoms with Gasteiger partial charge in [-0.15, -0.1) is 0 Å². The van der Waals surface area contributed by atoms with E-state index in [1.54, 1.807) is 18.3 Å². The van der Waals surface area contributed by atoms with E-state index >= 15 is 0 Å². The lowest BCUT2D eigenvalue weighted by Gasteiger charge is -2.08. The smallest absolute Gasteiger partial charge is 0.272 e. The summed E-state index contributed by atoms with van der Waals surface area (Å²) in [4.78, 5) is 12.1. The summed E-state index contributed by atoms with van der Waals surface area (Å²) in [5.74, 6) is 0.334. The fourth-order valence-electron chi connectivity index (χ4n) is 2.15. The third kappa shape index (κ3) is 6.07. The monoisotopic (exact) mass is 378 g/mol. The van der Waals surface area contributed by atoms with Gasteiger partial charge in [0.2, 0.25) is 0 Å². The van der Waals surface area contributed by atoms with Gasteiger partial charge in [0.1, 0.15) is 5.75 Å². The van der Waals surface area contributed by atoms with Crippen LogP contribution >= 0.6 is 23.2 Å². The molecule has 0 bridgehead atoms. The molecule has 0 unspecified atom stereocenters. The second-order valence-electron chi connectivity index (χ2n) is 5.42. The number of benzene rings is 2. The molecule has 2 aromatic carbocycles. The van der Waals surface area contributed by atoms with Gasteiger partial charge in [0.15, 0.2) is 0 Å². The summed E-state index contributed by atoms with van der Waals surface area (Å²) in [7, 11) is 0. The first-order chi connectivity index (χ1) is 12.1. The fraction of sp³-hybridized carbons (Fsp3) is 0.263. The zero-order chi connectivity index (χ0) is 18.1. The quantitative estimate of drug-likeness (QED) is 0.383. The number of rotatable bonds is 8. The van der Waals surface area contributed by atoms with E-state index in [1.165, 1.54) is 6.07 Å². The lowest BCUT2D eigenvalue weighted by molar-refractivity contribution is 0.0955. The highest BCUT2D eigenvalue weighted by atomic mass is 35.5.